The minimum absolute atomic E-state index is 0.122. The van der Waals surface area contributed by atoms with Gasteiger partial charge in [0.05, 0.1) is 11.5 Å². The maximum Gasteiger partial charge on any atom is 0.323 e. The van der Waals surface area contributed by atoms with E-state index >= 15 is 0 Å². The normalized spacial score (nSPS) is 15.6. The lowest BCUT2D eigenvalue weighted by molar-refractivity contribution is -0.137. The van der Waals surface area contributed by atoms with Crippen LogP contribution in [0, 0.1) is 0 Å². The van der Waals surface area contributed by atoms with Crippen molar-refractivity contribution in [2.75, 3.05) is 19.7 Å². The number of aromatic nitrogens is 1. The Bertz CT molecular complexity index is 1260. The quantitative estimate of drug-likeness (QED) is 0.408. The summed E-state index contributed by atoms with van der Waals surface area (Å²) in [7, 11) is -3.60. The second kappa shape index (κ2) is 10.4. The molecule has 0 saturated carbocycles. The third-order valence-corrected chi connectivity index (χ3v) is 8.45. The van der Waals surface area contributed by atoms with E-state index < -0.39 is 16.0 Å². The largest absolute Gasteiger partial charge is 0.494 e. The molecule has 0 radical (unpaired) electrons. The van der Waals surface area contributed by atoms with E-state index in [1.165, 1.54) is 4.31 Å². The van der Waals surface area contributed by atoms with Crippen LogP contribution in [0.3, 0.4) is 0 Å². The molecule has 7 nitrogen and oxygen atoms in total. The number of rotatable bonds is 9. The van der Waals surface area contributed by atoms with Gasteiger partial charge in [-0.25, -0.2) is 8.42 Å². The molecule has 0 unspecified atom stereocenters. The van der Waals surface area contributed by atoms with Crippen molar-refractivity contribution in [3.63, 3.8) is 0 Å². The van der Waals surface area contributed by atoms with Crippen molar-refractivity contribution in [2.45, 2.75) is 50.0 Å². The highest BCUT2D eigenvalue weighted by molar-refractivity contribution is 7.89. The number of halogens is 1. The zero-order valence-electron chi connectivity index (χ0n) is 19.1. The molecule has 0 bridgehead atoms. The van der Waals surface area contributed by atoms with E-state index in [2.05, 4.69) is 6.92 Å². The van der Waals surface area contributed by atoms with Crippen molar-refractivity contribution >= 4 is 38.5 Å². The Morgan fingerprint density at radius 2 is 1.85 bits per heavy atom. The number of unbranched alkanes of at least 4 members (excludes halogenated alkanes) is 1. The molecule has 34 heavy (non-hydrogen) atoms. The molecule has 0 aliphatic carbocycles. The maximum absolute atomic E-state index is 13.2. The Kier molecular flexibility index (Phi) is 7.50. The van der Waals surface area contributed by atoms with Crippen molar-refractivity contribution in [3.8, 4) is 5.75 Å². The number of nitrogens with zero attached hydrogens (tertiary/aromatic N) is 2. The predicted octanol–water partition coefficient (Wildman–Crippen LogP) is 5.13. The van der Waals surface area contributed by atoms with Gasteiger partial charge in [0.25, 0.3) is 0 Å². The first-order valence-electron chi connectivity index (χ1n) is 11.5. The highest BCUT2D eigenvalue weighted by atomic mass is 35.5. The van der Waals surface area contributed by atoms with Gasteiger partial charge >= 0.3 is 5.97 Å². The molecule has 1 aromatic heterocycles. The molecule has 0 spiro atoms. The number of sulfonamides is 1. The first-order valence-corrected chi connectivity index (χ1v) is 13.3. The number of carboxylic acid groups (broad SMARTS) is 1. The summed E-state index contributed by atoms with van der Waals surface area (Å²) < 4.78 is 35.2. The minimum Gasteiger partial charge on any atom is -0.494 e. The number of hydrogen-bond donors (Lipinski definition) is 1. The molecule has 2 heterocycles. The summed E-state index contributed by atoms with van der Waals surface area (Å²) >= 11 is 6.22. The molecule has 9 heteroatoms. The summed E-state index contributed by atoms with van der Waals surface area (Å²) in [5.74, 6) is -0.125. The first kappa shape index (κ1) is 24.6. The lowest BCUT2D eigenvalue weighted by Crippen LogP contribution is -2.37. The SMILES string of the molecule is CCCCOc1ccc(S(=O)(=O)N2CCC(c3cn(CC(=O)O)c4ccc(Cl)cc34)CC2)cc1. The summed E-state index contributed by atoms with van der Waals surface area (Å²) in [4.78, 5) is 11.6. The molecule has 1 saturated heterocycles. The Labute approximate surface area is 204 Å². The van der Waals surface area contributed by atoms with Gasteiger partial charge in [-0.2, -0.15) is 4.31 Å². The van der Waals surface area contributed by atoms with Crippen molar-refractivity contribution in [1.29, 1.82) is 0 Å². The van der Waals surface area contributed by atoms with Crippen LogP contribution >= 0.6 is 11.6 Å². The Hall–Kier alpha value is -2.55. The average Bonchev–Trinajstić information content (AvgIpc) is 3.16. The standard InChI is InChI=1S/C25H29ClN2O5S/c1-2-3-14-33-20-5-7-21(8-6-20)34(31,32)28-12-10-18(11-13-28)23-16-27(17-25(29)30)24-9-4-19(26)15-22(23)24/h4-9,15-16,18H,2-3,10-14,17H2,1H3,(H,29,30). The summed E-state index contributed by atoms with van der Waals surface area (Å²) in [6.45, 7) is 3.36. The van der Waals surface area contributed by atoms with E-state index in [4.69, 9.17) is 16.3 Å². The van der Waals surface area contributed by atoms with Crippen molar-refractivity contribution in [3.05, 3.63) is 59.2 Å². The number of benzene rings is 2. The number of aliphatic carboxylic acids is 1. The smallest absolute Gasteiger partial charge is 0.323 e. The molecule has 0 amide bonds. The van der Waals surface area contributed by atoms with E-state index in [1.54, 1.807) is 34.9 Å². The molecular formula is C25H29ClN2O5S. The number of hydrogen-bond acceptors (Lipinski definition) is 4. The lowest BCUT2D eigenvalue weighted by Gasteiger charge is -2.31. The Morgan fingerprint density at radius 1 is 1.15 bits per heavy atom. The third-order valence-electron chi connectivity index (χ3n) is 6.30. The fourth-order valence-corrected chi connectivity index (χ4v) is 6.14. The van der Waals surface area contributed by atoms with Gasteiger partial charge in [-0.15, -0.1) is 0 Å². The number of carboxylic acids is 1. The lowest BCUT2D eigenvalue weighted by atomic mass is 9.90. The molecule has 4 rings (SSSR count). The monoisotopic (exact) mass is 504 g/mol. The molecule has 0 atom stereocenters. The fourth-order valence-electron chi connectivity index (χ4n) is 4.50. The third kappa shape index (κ3) is 5.24. The minimum atomic E-state index is -3.60. The van der Waals surface area contributed by atoms with Crippen LogP contribution in [0.4, 0.5) is 0 Å². The van der Waals surface area contributed by atoms with Gasteiger partial charge in [0, 0.05) is 35.2 Å². The van der Waals surface area contributed by atoms with Crippen LogP contribution in [0.25, 0.3) is 10.9 Å². The van der Waals surface area contributed by atoms with Gasteiger partial charge in [-0.1, -0.05) is 24.9 Å². The highest BCUT2D eigenvalue weighted by Crippen LogP contribution is 2.37. The molecule has 3 aromatic rings. The van der Waals surface area contributed by atoms with Gasteiger partial charge < -0.3 is 14.4 Å². The zero-order chi connectivity index (χ0) is 24.3. The van der Waals surface area contributed by atoms with E-state index in [9.17, 15) is 18.3 Å². The summed E-state index contributed by atoms with van der Waals surface area (Å²) in [5, 5.41) is 10.8. The van der Waals surface area contributed by atoms with Gasteiger partial charge in [0.1, 0.15) is 12.3 Å². The van der Waals surface area contributed by atoms with Crippen LogP contribution < -0.4 is 4.74 Å². The predicted molar refractivity (Wildman–Crippen MR) is 132 cm³/mol. The van der Waals surface area contributed by atoms with Crippen molar-refractivity contribution in [2.24, 2.45) is 0 Å². The second-order valence-corrected chi connectivity index (χ2v) is 11.0. The van der Waals surface area contributed by atoms with Crippen LogP contribution in [0.1, 0.15) is 44.1 Å². The zero-order valence-corrected chi connectivity index (χ0v) is 20.7. The van der Waals surface area contributed by atoms with Crippen molar-refractivity contribution < 1.29 is 23.1 Å². The van der Waals surface area contributed by atoms with Crippen LogP contribution in [0.15, 0.2) is 53.6 Å². The molecule has 1 aliphatic rings. The van der Waals surface area contributed by atoms with Gasteiger partial charge in [0.2, 0.25) is 10.0 Å². The Morgan fingerprint density at radius 3 is 2.50 bits per heavy atom. The number of piperidine rings is 1. The highest BCUT2D eigenvalue weighted by Gasteiger charge is 2.31. The Balaban J connectivity index is 1.48. The number of fused-ring (bicyclic) bond motifs is 1. The van der Waals surface area contributed by atoms with E-state index in [0.29, 0.717) is 43.3 Å². The van der Waals surface area contributed by atoms with Crippen LogP contribution in [0.2, 0.25) is 5.02 Å². The molecule has 182 valence electrons. The van der Waals surface area contributed by atoms with E-state index in [-0.39, 0.29) is 17.4 Å². The van der Waals surface area contributed by atoms with Crippen LogP contribution in [0.5, 0.6) is 5.75 Å². The molecule has 1 N–H and O–H groups in total. The first-order chi connectivity index (χ1) is 16.3. The average molecular weight is 505 g/mol. The summed E-state index contributed by atoms with van der Waals surface area (Å²) in [6, 6.07) is 12.1. The molecule has 1 aliphatic heterocycles. The topological polar surface area (TPSA) is 88.8 Å². The number of ether oxygens (including phenoxy) is 1. The summed E-state index contributed by atoms with van der Waals surface area (Å²) in [6.07, 6.45) is 5.17. The molecule has 1 fully saturated rings. The maximum atomic E-state index is 13.2. The molecular weight excluding hydrogens is 476 g/mol. The van der Waals surface area contributed by atoms with E-state index in [1.807, 2.05) is 18.3 Å². The molecule has 2 aromatic carbocycles. The fraction of sp³-hybridized carbons (Fsp3) is 0.400. The van der Waals surface area contributed by atoms with E-state index in [0.717, 1.165) is 29.3 Å². The second-order valence-electron chi connectivity index (χ2n) is 8.62. The van der Waals surface area contributed by atoms with Gasteiger partial charge in [0.15, 0.2) is 0 Å². The summed E-state index contributed by atoms with van der Waals surface area (Å²) in [5.41, 5.74) is 1.84. The van der Waals surface area contributed by atoms with Crippen molar-refractivity contribution in [1.82, 2.24) is 8.87 Å². The number of carbonyl (C=O) groups is 1. The van der Waals surface area contributed by atoms with Crippen LogP contribution in [-0.4, -0.2) is 48.1 Å². The van der Waals surface area contributed by atoms with Gasteiger partial charge in [-0.05, 0) is 73.2 Å². The van der Waals surface area contributed by atoms with Gasteiger partial charge in [-0.3, -0.25) is 4.79 Å². The van der Waals surface area contributed by atoms with Crippen LogP contribution in [-0.2, 0) is 21.4 Å².